The molecule has 6 heteroatoms. The normalized spacial score (nSPS) is 50.7. The van der Waals surface area contributed by atoms with Crippen LogP contribution in [0.1, 0.15) is 59.3 Å². The maximum Gasteiger partial charge on any atom is 0.315 e. The summed E-state index contributed by atoms with van der Waals surface area (Å²) in [7, 11) is 0. The number of nitrogens with one attached hydrogen (secondary N) is 1. The molecule has 3 heterocycles. The van der Waals surface area contributed by atoms with Crippen molar-refractivity contribution in [2.75, 3.05) is 26.2 Å². The minimum absolute atomic E-state index is 0.00784. The monoisotopic (exact) mass is 406 g/mol. The molecule has 1 spiro atoms. The molecule has 2 saturated carbocycles. The second-order valence-electron chi connectivity index (χ2n) is 10.5. The third kappa shape index (κ3) is 2.88. The van der Waals surface area contributed by atoms with Crippen molar-refractivity contribution < 1.29 is 28.7 Å². The predicted molar refractivity (Wildman–Crippen MR) is 105 cm³/mol. The number of quaternary nitrogens is 1. The summed E-state index contributed by atoms with van der Waals surface area (Å²) in [6.07, 6.45) is 6.68. The van der Waals surface area contributed by atoms with E-state index < -0.39 is 0 Å². The van der Waals surface area contributed by atoms with Crippen LogP contribution < -0.4 is 4.90 Å². The zero-order valence-corrected chi connectivity index (χ0v) is 18.1. The Bertz CT molecular complexity index is 697. The molecule has 0 amide bonds. The summed E-state index contributed by atoms with van der Waals surface area (Å²) in [6, 6.07) is 0. The highest BCUT2D eigenvalue weighted by atomic mass is 16.6. The van der Waals surface area contributed by atoms with Crippen molar-refractivity contribution in [1.29, 1.82) is 0 Å². The Morgan fingerprint density at radius 2 is 2.14 bits per heavy atom. The van der Waals surface area contributed by atoms with Gasteiger partial charge < -0.3 is 19.1 Å². The van der Waals surface area contributed by atoms with E-state index in [1.54, 1.807) is 0 Å². The van der Waals surface area contributed by atoms with E-state index in [9.17, 15) is 9.59 Å². The number of carbonyl (C=O) groups is 2. The zero-order valence-electron chi connectivity index (χ0n) is 18.1. The molecule has 5 aliphatic rings. The molecule has 1 unspecified atom stereocenters. The lowest BCUT2D eigenvalue weighted by Gasteiger charge is -2.48. The van der Waals surface area contributed by atoms with Gasteiger partial charge in [0.05, 0.1) is 32.3 Å². The van der Waals surface area contributed by atoms with Crippen LogP contribution in [0.5, 0.6) is 0 Å². The molecule has 3 aliphatic heterocycles. The lowest BCUT2D eigenvalue weighted by Crippen LogP contribution is -3.14. The third-order valence-corrected chi connectivity index (χ3v) is 8.94. The predicted octanol–water partition coefficient (Wildman–Crippen LogP) is 1.37. The fraction of sp³-hybridized carbons (Fsp3) is 0.913. The van der Waals surface area contributed by atoms with Gasteiger partial charge in [-0.25, -0.2) is 0 Å². The number of epoxide rings is 1. The average molecular weight is 407 g/mol. The van der Waals surface area contributed by atoms with E-state index in [1.165, 1.54) is 24.2 Å². The Hall–Kier alpha value is -1.14. The smallest absolute Gasteiger partial charge is 0.315 e. The van der Waals surface area contributed by atoms with Crippen molar-refractivity contribution in [1.82, 2.24) is 0 Å². The van der Waals surface area contributed by atoms with Crippen molar-refractivity contribution >= 4 is 11.9 Å². The molecule has 6 nitrogen and oxygen atoms in total. The van der Waals surface area contributed by atoms with Gasteiger partial charge in [-0.3, -0.25) is 9.59 Å². The number of ether oxygens (including phenoxy) is 3. The molecule has 5 rings (SSSR count). The molecule has 0 aromatic carbocycles. The van der Waals surface area contributed by atoms with Gasteiger partial charge in [0.15, 0.2) is 0 Å². The first-order valence-corrected chi connectivity index (χ1v) is 11.8. The van der Waals surface area contributed by atoms with Crippen molar-refractivity contribution in [2.24, 2.45) is 29.1 Å². The molecule has 0 aromatic rings. The molecular formula is C23H36NO5+. The number of rotatable bonds is 4. The van der Waals surface area contributed by atoms with Crippen LogP contribution in [-0.4, -0.2) is 56.0 Å². The van der Waals surface area contributed by atoms with Gasteiger partial charge in [0.1, 0.15) is 23.5 Å². The largest absolute Gasteiger partial charge is 0.466 e. The fourth-order valence-electron chi connectivity index (χ4n) is 7.57. The first-order valence-electron chi connectivity index (χ1n) is 11.8. The molecule has 5 fully saturated rings. The summed E-state index contributed by atoms with van der Waals surface area (Å²) in [6.45, 7) is 9.53. The quantitative estimate of drug-likeness (QED) is 0.564. The first-order chi connectivity index (χ1) is 13.9. The maximum atomic E-state index is 12.9. The summed E-state index contributed by atoms with van der Waals surface area (Å²) in [5.74, 6) is 0.491. The Morgan fingerprint density at radius 1 is 1.31 bits per heavy atom. The molecule has 9 atom stereocenters. The Labute approximate surface area is 173 Å². The molecule has 3 saturated heterocycles. The summed E-state index contributed by atoms with van der Waals surface area (Å²) in [4.78, 5) is 26.5. The van der Waals surface area contributed by atoms with E-state index in [0.717, 1.165) is 38.9 Å². The molecule has 0 aromatic heterocycles. The minimum atomic E-state index is -0.0982. The number of fused-ring (bicyclic) bond motifs is 2. The van der Waals surface area contributed by atoms with Crippen LogP contribution in [0.3, 0.4) is 0 Å². The van der Waals surface area contributed by atoms with Crippen LogP contribution in [0.4, 0.5) is 0 Å². The van der Waals surface area contributed by atoms with Crippen LogP contribution in [-0.2, 0) is 23.8 Å². The number of carbonyl (C=O) groups excluding carboxylic acids is 2. The number of piperidine rings is 1. The number of hydrogen-bond acceptors (Lipinski definition) is 5. The molecular weight excluding hydrogens is 370 g/mol. The third-order valence-electron chi connectivity index (χ3n) is 8.94. The summed E-state index contributed by atoms with van der Waals surface area (Å²) in [5.41, 5.74) is 0.0992. The zero-order chi connectivity index (χ0) is 20.4. The lowest BCUT2D eigenvalue weighted by atomic mass is 9.53. The van der Waals surface area contributed by atoms with Crippen molar-refractivity contribution in [3.63, 3.8) is 0 Å². The van der Waals surface area contributed by atoms with Gasteiger partial charge in [-0.05, 0) is 44.9 Å². The molecule has 162 valence electrons. The molecule has 29 heavy (non-hydrogen) atoms. The highest BCUT2D eigenvalue weighted by molar-refractivity contribution is 5.76. The Balaban J connectivity index is 1.31. The van der Waals surface area contributed by atoms with Crippen molar-refractivity contribution in [3.05, 3.63) is 0 Å². The van der Waals surface area contributed by atoms with Gasteiger partial charge >= 0.3 is 11.9 Å². The van der Waals surface area contributed by atoms with Gasteiger partial charge in [-0.2, -0.15) is 0 Å². The van der Waals surface area contributed by atoms with Crippen molar-refractivity contribution in [2.45, 2.75) is 77.1 Å². The van der Waals surface area contributed by atoms with Gasteiger partial charge in [-0.15, -0.1) is 0 Å². The summed E-state index contributed by atoms with van der Waals surface area (Å²) in [5, 5.41) is 0. The molecule has 0 radical (unpaired) electrons. The SMILES string of the molecule is CCOC(=O)[C@H]1CCC[NH+](C[C@H]2C(=O)O[C@@H]3C[C@@]4(C)CCC[C@H](C)[C@]45O[C@@H]5[C@@H]32)C1. The van der Waals surface area contributed by atoms with E-state index in [1.807, 2.05) is 6.92 Å². The standard InChI is InChI=1S/C23H35NO5/c1-4-27-20(25)15-8-6-10-24(12-15)13-16-18-17(28-21(16)26)11-22(3)9-5-7-14(2)23(22)19(18)29-23/h14-19H,4-13H2,1-3H3/p+1/t14-,15-,16+,17+,18+,19+,22+,23+/m0/s1. The van der Waals surface area contributed by atoms with E-state index >= 15 is 0 Å². The summed E-state index contributed by atoms with van der Waals surface area (Å²) < 4.78 is 17.7. The van der Waals surface area contributed by atoms with Gasteiger partial charge in [-0.1, -0.05) is 20.3 Å². The van der Waals surface area contributed by atoms with E-state index in [-0.39, 0.29) is 52.9 Å². The van der Waals surface area contributed by atoms with Gasteiger partial charge in [0.25, 0.3) is 0 Å². The van der Waals surface area contributed by atoms with Crippen LogP contribution in [0.25, 0.3) is 0 Å². The van der Waals surface area contributed by atoms with Gasteiger partial charge in [0.2, 0.25) is 0 Å². The van der Waals surface area contributed by atoms with Crippen molar-refractivity contribution in [3.8, 4) is 0 Å². The highest BCUT2D eigenvalue weighted by Crippen LogP contribution is 2.70. The molecule has 2 aliphatic carbocycles. The Morgan fingerprint density at radius 3 is 2.93 bits per heavy atom. The number of likely N-dealkylation sites (tertiary alicyclic amines) is 1. The van der Waals surface area contributed by atoms with E-state index in [2.05, 4.69) is 13.8 Å². The second kappa shape index (κ2) is 6.94. The van der Waals surface area contributed by atoms with Crippen LogP contribution >= 0.6 is 0 Å². The van der Waals surface area contributed by atoms with E-state index in [0.29, 0.717) is 12.5 Å². The fourth-order valence-corrected chi connectivity index (χ4v) is 7.57. The number of hydrogen-bond donors (Lipinski definition) is 1. The lowest BCUT2D eigenvalue weighted by molar-refractivity contribution is -0.910. The minimum Gasteiger partial charge on any atom is -0.466 e. The summed E-state index contributed by atoms with van der Waals surface area (Å²) >= 11 is 0. The van der Waals surface area contributed by atoms with Crippen LogP contribution in [0.2, 0.25) is 0 Å². The number of esters is 2. The molecule has 1 N–H and O–H groups in total. The van der Waals surface area contributed by atoms with E-state index in [4.69, 9.17) is 14.2 Å². The van der Waals surface area contributed by atoms with Gasteiger partial charge in [0, 0.05) is 11.3 Å². The molecule has 0 bridgehead atoms. The topological polar surface area (TPSA) is 69.6 Å². The van der Waals surface area contributed by atoms with Crippen LogP contribution in [0, 0.1) is 29.1 Å². The average Bonchev–Trinajstić information content (AvgIpc) is 3.37. The first kappa shape index (κ1) is 19.8. The maximum absolute atomic E-state index is 12.9. The highest BCUT2D eigenvalue weighted by Gasteiger charge is 2.78. The second-order valence-corrected chi connectivity index (χ2v) is 10.5. The Kier molecular flexibility index (Phi) is 4.74. The van der Waals surface area contributed by atoms with Crippen LogP contribution in [0.15, 0.2) is 0 Å².